The molecule has 2 aromatic carbocycles. The fourth-order valence-corrected chi connectivity index (χ4v) is 3.72. The van der Waals surface area contributed by atoms with E-state index in [1.54, 1.807) is 7.11 Å². The first-order chi connectivity index (χ1) is 13.6. The van der Waals surface area contributed by atoms with Crippen molar-refractivity contribution in [3.63, 3.8) is 0 Å². The number of hydrogen-bond donors (Lipinski definition) is 1. The zero-order valence-corrected chi connectivity index (χ0v) is 16.5. The summed E-state index contributed by atoms with van der Waals surface area (Å²) in [7, 11) is 1.65. The average molecular weight is 380 g/mol. The third kappa shape index (κ3) is 3.54. The standard InChI is InChI=1S/C23H25FN2O2/c1-14(2)22-21(15-4-6-16(24)7-5-15)19-9-8-17(27-3)12-20(19)23(26-22)28-18-10-11-25-13-18/h4-9,12,14,18,25H,10-11,13H2,1-3H3/t18-/m0/s1. The molecule has 0 amide bonds. The highest BCUT2D eigenvalue weighted by molar-refractivity contribution is 6.01. The lowest BCUT2D eigenvalue weighted by atomic mass is 9.92. The van der Waals surface area contributed by atoms with Gasteiger partial charge in [-0.1, -0.05) is 26.0 Å². The number of nitrogens with one attached hydrogen (secondary N) is 1. The predicted molar refractivity (Wildman–Crippen MR) is 110 cm³/mol. The fraction of sp³-hybridized carbons (Fsp3) is 0.348. The third-order valence-corrected chi connectivity index (χ3v) is 5.18. The van der Waals surface area contributed by atoms with Gasteiger partial charge in [0.15, 0.2) is 0 Å². The van der Waals surface area contributed by atoms with Crippen LogP contribution in [0.1, 0.15) is 31.9 Å². The van der Waals surface area contributed by atoms with Gasteiger partial charge < -0.3 is 14.8 Å². The second kappa shape index (κ2) is 7.76. The summed E-state index contributed by atoms with van der Waals surface area (Å²) in [4.78, 5) is 4.94. The van der Waals surface area contributed by atoms with E-state index in [2.05, 4.69) is 19.2 Å². The molecule has 0 unspecified atom stereocenters. The van der Waals surface area contributed by atoms with Gasteiger partial charge >= 0.3 is 0 Å². The Morgan fingerprint density at radius 3 is 2.54 bits per heavy atom. The van der Waals surface area contributed by atoms with Crippen LogP contribution in [0.5, 0.6) is 11.6 Å². The third-order valence-electron chi connectivity index (χ3n) is 5.18. The minimum atomic E-state index is -0.248. The van der Waals surface area contributed by atoms with E-state index in [1.165, 1.54) is 12.1 Å². The summed E-state index contributed by atoms with van der Waals surface area (Å²) in [5.41, 5.74) is 2.91. The zero-order chi connectivity index (χ0) is 19.7. The predicted octanol–water partition coefficient (Wildman–Crippen LogP) is 4.91. The number of pyridine rings is 1. The molecule has 0 bridgehead atoms. The molecule has 1 fully saturated rings. The van der Waals surface area contributed by atoms with Crippen LogP contribution in [0.3, 0.4) is 0 Å². The Morgan fingerprint density at radius 1 is 1.11 bits per heavy atom. The number of fused-ring (bicyclic) bond motifs is 1. The van der Waals surface area contributed by atoms with E-state index in [1.807, 2.05) is 30.3 Å². The molecule has 4 nitrogen and oxygen atoms in total. The molecule has 1 saturated heterocycles. The van der Waals surface area contributed by atoms with Gasteiger partial charge in [0.2, 0.25) is 5.88 Å². The lowest BCUT2D eigenvalue weighted by Crippen LogP contribution is -2.20. The zero-order valence-electron chi connectivity index (χ0n) is 16.5. The lowest BCUT2D eigenvalue weighted by Gasteiger charge is -2.20. The van der Waals surface area contributed by atoms with Crippen LogP contribution in [0.25, 0.3) is 21.9 Å². The SMILES string of the molecule is COc1ccc2c(-c3ccc(F)cc3)c(C(C)C)nc(O[C@H]3CCNC3)c2c1. The molecule has 0 saturated carbocycles. The minimum Gasteiger partial charge on any atom is -0.497 e. The van der Waals surface area contributed by atoms with Gasteiger partial charge in [-0.15, -0.1) is 0 Å². The normalized spacial score (nSPS) is 16.7. The molecule has 1 aromatic heterocycles. The van der Waals surface area contributed by atoms with Gasteiger partial charge in [-0.3, -0.25) is 0 Å². The summed E-state index contributed by atoms with van der Waals surface area (Å²) in [5, 5.41) is 5.28. The maximum Gasteiger partial charge on any atom is 0.222 e. The Kier molecular flexibility index (Phi) is 5.18. The van der Waals surface area contributed by atoms with Crippen LogP contribution in [0.2, 0.25) is 0 Å². The van der Waals surface area contributed by atoms with Crippen molar-refractivity contribution < 1.29 is 13.9 Å². The number of rotatable bonds is 5. The van der Waals surface area contributed by atoms with Crippen LogP contribution < -0.4 is 14.8 Å². The van der Waals surface area contributed by atoms with Crippen molar-refractivity contribution in [1.29, 1.82) is 0 Å². The van der Waals surface area contributed by atoms with Crippen molar-refractivity contribution in [2.75, 3.05) is 20.2 Å². The van der Waals surface area contributed by atoms with Crippen LogP contribution in [-0.2, 0) is 0 Å². The van der Waals surface area contributed by atoms with E-state index in [4.69, 9.17) is 14.5 Å². The first-order valence-electron chi connectivity index (χ1n) is 9.71. The van der Waals surface area contributed by atoms with Gasteiger partial charge in [0.05, 0.1) is 12.8 Å². The van der Waals surface area contributed by atoms with Gasteiger partial charge in [-0.05, 0) is 60.2 Å². The number of ether oxygens (including phenoxy) is 2. The molecule has 4 rings (SSSR count). The molecule has 0 spiro atoms. The second-order valence-corrected chi connectivity index (χ2v) is 7.48. The van der Waals surface area contributed by atoms with Gasteiger partial charge in [-0.2, -0.15) is 0 Å². The van der Waals surface area contributed by atoms with Crippen LogP contribution in [-0.4, -0.2) is 31.3 Å². The molecule has 3 aromatic rings. The topological polar surface area (TPSA) is 43.4 Å². The Balaban J connectivity index is 1.96. The molecule has 1 N–H and O–H groups in total. The van der Waals surface area contributed by atoms with Gasteiger partial charge in [0.25, 0.3) is 0 Å². The summed E-state index contributed by atoms with van der Waals surface area (Å²) in [5.74, 6) is 1.33. The quantitative estimate of drug-likeness (QED) is 0.683. The molecule has 146 valence electrons. The number of halogens is 1. The van der Waals surface area contributed by atoms with Crippen molar-refractivity contribution >= 4 is 10.8 Å². The number of aromatic nitrogens is 1. The number of benzene rings is 2. The lowest BCUT2D eigenvalue weighted by molar-refractivity contribution is 0.216. The molecule has 0 aliphatic carbocycles. The van der Waals surface area contributed by atoms with E-state index >= 15 is 0 Å². The number of hydrogen-bond acceptors (Lipinski definition) is 4. The Morgan fingerprint density at radius 2 is 1.89 bits per heavy atom. The minimum absolute atomic E-state index is 0.110. The van der Waals surface area contributed by atoms with Gasteiger partial charge in [-0.25, -0.2) is 9.37 Å². The molecule has 1 aliphatic rings. The van der Waals surface area contributed by atoms with Crippen molar-refractivity contribution in [3.8, 4) is 22.8 Å². The first kappa shape index (κ1) is 18.7. The van der Waals surface area contributed by atoms with Crippen LogP contribution in [0, 0.1) is 5.82 Å². The maximum absolute atomic E-state index is 13.5. The molecular formula is C23H25FN2O2. The Hall–Kier alpha value is -2.66. The van der Waals surface area contributed by atoms with Crippen LogP contribution in [0.15, 0.2) is 42.5 Å². The molecule has 5 heteroatoms. The summed E-state index contributed by atoms with van der Waals surface area (Å²) >= 11 is 0. The largest absolute Gasteiger partial charge is 0.497 e. The summed E-state index contributed by atoms with van der Waals surface area (Å²) < 4.78 is 25.2. The van der Waals surface area contributed by atoms with E-state index < -0.39 is 0 Å². The van der Waals surface area contributed by atoms with Gasteiger partial charge in [0.1, 0.15) is 17.7 Å². The number of nitrogens with zero attached hydrogens (tertiary/aromatic N) is 1. The van der Waals surface area contributed by atoms with E-state index in [-0.39, 0.29) is 17.8 Å². The highest BCUT2D eigenvalue weighted by Crippen LogP contribution is 2.40. The van der Waals surface area contributed by atoms with E-state index in [9.17, 15) is 4.39 Å². The molecule has 2 heterocycles. The van der Waals surface area contributed by atoms with Crippen LogP contribution >= 0.6 is 0 Å². The van der Waals surface area contributed by atoms with Crippen molar-refractivity contribution in [3.05, 3.63) is 54.0 Å². The van der Waals surface area contributed by atoms with Crippen LogP contribution in [0.4, 0.5) is 4.39 Å². The number of methoxy groups -OCH3 is 1. The summed E-state index contributed by atoms with van der Waals surface area (Å²) in [6, 6.07) is 12.6. The summed E-state index contributed by atoms with van der Waals surface area (Å²) in [6.45, 7) is 6.01. The highest BCUT2D eigenvalue weighted by atomic mass is 19.1. The average Bonchev–Trinajstić information content (AvgIpc) is 3.21. The molecule has 28 heavy (non-hydrogen) atoms. The first-order valence-corrected chi connectivity index (χ1v) is 9.71. The Bertz CT molecular complexity index is 980. The van der Waals surface area contributed by atoms with E-state index in [0.29, 0.717) is 5.88 Å². The van der Waals surface area contributed by atoms with Gasteiger partial charge in [0, 0.05) is 17.5 Å². The smallest absolute Gasteiger partial charge is 0.222 e. The van der Waals surface area contributed by atoms with E-state index in [0.717, 1.165) is 52.9 Å². The molecule has 1 atom stereocenters. The Labute approximate surface area is 164 Å². The highest BCUT2D eigenvalue weighted by Gasteiger charge is 2.23. The summed E-state index contributed by atoms with van der Waals surface area (Å²) in [6.07, 6.45) is 1.07. The molecular weight excluding hydrogens is 355 g/mol. The van der Waals surface area contributed by atoms with Crippen molar-refractivity contribution in [1.82, 2.24) is 10.3 Å². The second-order valence-electron chi connectivity index (χ2n) is 7.48. The maximum atomic E-state index is 13.5. The fourth-order valence-electron chi connectivity index (χ4n) is 3.72. The van der Waals surface area contributed by atoms with Crippen molar-refractivity contribution in [2.24, 2.45) is 0 Å². The monoisotopic (exact) mass is 380 g/mol. The molecule has 0 radical (unpaired) electrons. The molecule has 1 aliphatic heterocycles. The van der Waals surface area contributed by atoms with Crippen molar-refractivity contribution in [2.45, 2.75) is 32.3 Å².